The van der Waals surface area contributed by atoms with Gasteiger partial charge in [-0.25, -0.2) is 0 Å². The fourth-order valence-corrected chi connectivity index (χ4v) is 5.11. The third-order valence-corrected chi connectivity index (χ3v) is 8.09. The van der Waals surface area contributed by atoms with Gasteiger partial charge in [0.15, 0.2) is 0 Å². The minimum absolute atomic E-state index is 0.198. The number of aliphatic hydroxyl groups is 1. The largest absolute Gasteiger partial charge is 0.457 e. The van der Waals surface area contributed by atoms with Gasteiger partial charge in [0.05, 0.1) is 13.2 Å². The molecule has 0 heterocycles. The second kappa shape index (κ2) is 43.2. The van der Waals surface area contributed by atoms with Crippen LogP contribution < -0.4 is 0 Å². The van der Waals surface area contributed by atoms with Crippen LogP contribution in [-0.4, -0.2) is 37.0 Å². The Bertz CT molecular complexity index is 1010. The Labute approximate surface area is 315 Å². The first-order chi connectivity index (χ1) is 25.2. The highest BCUT2D eigenvalue weighted by molar-refractivity contribution is 5.69. The molecule has 0 rings (SSSR count). The number of aliphatic hydroxyl groups excluding tert-OH is 1. The number of ether oxygens (including phenoxy) is 2. The van der Waals surface area contributed by atoms with Crippen LogP contribution in [0.5, 0.6) is 0 Å². The van der Waals surface area contributed by atoms with Gasteiger partial charge < -0.3 is 14.6 Å². The molecule has 0 radical (unpaired) electrons. The van der Waals surface area contributed by atoms with Crippen LogP contribution in [0, 0.1) is 0 Å². The summed E-state index contributed by atoms with van der Waals surface area (Å²) in [5, 5.41) is 9.59. The highest BCUT2D eigenvalue weighted by Crippen LogP contribution is 2.10. The van der Waals surface area contributed by atoms with Crippen LogP contribution in [0.4, 0.5) is 0 Å². The number of hydrogen-bond acceptors (Lipinski definition) is 4. The van der Waals surface area contributed by atoms with E-state index in [1.165, 1.54) is 38.5 Å². The van der Waals surface area contributed by atoms with Crippen LogP contribution in [0.25, 0.3) is 0 Å². The lowest BCUT2D eigenvalue weighted by Crippen LogP contribution is -2.27. The summed E-state index contributed by atoms with van der Waals surface area (Å²) in [4.78, 5) is 12.2. The number of hydrogen-bond donors (Lipinski definition) is 1. The van der Waals surface area contributed by atoms with Crippen molar-refractivity contribution in [3.05, 3.63) is 109 Å². The monoisotopic (exact) mass is 705 g/mol. The van der Waals surface area contributed by atoms with Crippen LogP contribution in [-0.2, 0) is 14.3 Å². The van der Waals surface area contributed by atoms with Gasteiger partial charge in [-0.3, -0.25) is 4.79 Å². The minimum atomic E-state index is -0.566. The molecule has 0 bridgehead atoms. The molecule has 0 aromatic carbocycles. The summed E-state index contributed by atoms with van der Waals surface area (Å²) in [5.74, 6) is -0.241. The first-order valence-corrected chi connectivity index (χ1v) is 20.5. The maximum atomic E-state index is 12.2. The number of unbranched alkanes of at least 4 members (excludes halogenated alkanes) is 10. The lowest BCUT2D eigenvalue weighted by atomic mass is 10.1. The van der Waals surface area contributed by atoms with Crippen LogP contribution in [0.2, 0.25) is 0 Å². The van der Waals surface area contributed by atoms with Crippen molar-refractivity contribution in [3.8, 4) is 0 Å². The van der Waals surface area contributed by atoms with Gasteiger partial charge in [0.1, 0.15) is 6.10 Å². The van der Waals surface area contributed by atoms with Crippen molar-refractivity contribution in [1.82, 2.24) is 0 Å². The lowest BCUT2D eigenvalue weighted by molar-refractivity contribution is -0.154. The van der Waals surface area contributed by atoms with Crippen LogP contribution in [0.15, 0.2) is 109 Å². The van der Waals surface area contributed by atoms with Gasteiger partial charge in [0.25, 0.3) is 0 Å². The van der Waals surface area contributed by atoms with Crippen molar-refractivity contribution in [2.45, 2.75) is 161 Å². The fourth-order valence-electron chi connectivity index (χ4n) is 5.11. The van der Waals surface area contributed by atoms with Crippen molar-refractivity contribution in [2.75, 3.05) is 19.8 Å². The summed E-state index contributed by atoms with van der Waals surface area (Å²) in [6.45, 7) is 5.04. The Hall–Kier alpha value is -2.95. The molecule has 288 valence electrons. The predicted octanol–water partition coefficient (Wildman–Crippen LogP) is 13.5. The summed E-state index contributed by atoms with van der Waals surface area (Å²) in [6.07, 6.45) is 62.8. The molecule has 1 N–H and O–H groups in total. The van der Waals surface area contributed by atoms with E-state index in [1.807, 2.05) is 0 Å². The van der Waals surface area contributed by atoms with Crippen molar-refractivity contribution >= 4 is 5.97 Å². The molecule has 4 heteroatoms. The first kappa shape index (κ1) is 48.1. The molecule has 0 aromatic rings. The van der Waals surface area contributed by atoms with E-state index in [0.29, 0.717) is 13.0 Å². The Morgan fingerprint density at radius 1 is 0.471 bits per heavy atom. The molecule has 0 amide bonds. The van der Waals surface area contributed by atoms with Gasteiger partial charge in [-0.15, -0.1) is 0 Å². The smallest absolute Gasteiger partial charge is 0.306 e. The number of rotatable bonds is 36. The quantitative estimate of drug-likeness (QED) is 0.0401. The molecular formula is C47H76O4. The maximum Gasteiger partial charge on any atom is 0.306 e. The highest BCUT2D eigenvalue weighted by Gasteiger charge is 2.13. The van der Waals surface area contributed by atoms with Gasteiger partial charge in [-0.05, 0) is 96.3 Å². The van der Waals surface area contributed by atoms with Gasteiger partial charge in [0.2, 0.25) is 0 Å². The molecule has 0 spiro atoms. The summed E-state index contributed by atoms with van der Waals surface area (Å²) in [6, 6.07) is 0. The van der Waals surface area contributed by atoms with Crippen LogP contribution in [0.1, 0.15) is 155 Å². The molecule has 4 nitrogen and oxygen atoms in total. The lowest BCUT2D eigenvalue weighted by Gasteiger charge is -2.15. The van der Waals surface area contributed by atoms with Crippen LogP contribution in [0.3, 0.4) is 0 Å². The van der Waals surface area contributed by atoms with E-state index < -0.39 is 6.10 Å². The van der Waals surface area contributed by atoms with E-state index in [0.717, 1.165) is 96.3 Å². The topological polar surface area (TPSA) is 55.8 Å². The van der Waals surface area contributed by atoms with E-state index in [9.17, 15) is 9.90 Å². The van der Waals surface area contributed by atoms with Crippen molar-refractivity contribution < 1.29 is 19.4 Å². The zero-order chi connectivity index (χ0) is 37.0. The third-order valence-electron chi connectivity index (χ3n) is 8.09. The Morgan fingerprint density at radius 2 is 0.824 bits per heavy atom. The normalized spacial score (nSPS) is 13.5. The predicted molar refractivity (Wildman–Crippen MR) is 223 cm³/mol. The SMILES string of the molecule is CC/C=C\C/C=C\C/C=C\C/C=C\C/C=C\CCCCCC(=O)OC(CO)COCCCCCCCCC/C=C\C/C=C\C/C=C\C/C=C\CC. The molecule has 0 saturated carbocycles. The number of allylic oxidation sites excluding steroid dienone is 18. The maximum absolute atomic E-state index is 12.2. The standard InChI is InChI=1S/C47H76O4/c1-3-5-7-9-11-13-15-17-19-21-23-25-27-29-31-33-35-37-39-41-43-50-45-46(44-48)51-47(49)42-40-38-36-34-32-30-28-26-24-22-20-18-16-14-12-10-8-6-4-2/h5-8,11-14,17-20,23-26,30,32,46,48H,3-4,9-10,15-16,21-22,27-29,31,33-45H2,1-2H3/b7-5-,8-6-,13-11-,14-12-,19-17-,20-18-,25-23-,26-24-,32-30-. The number of carbonyl (C=O) groups excluding carboxylic acids is 1. The zero-order valence-corrected chi connectivity index (χ0v) is 32.8. The Kier molecular flexibility index (Phi) is 40.7. The van der Waals surface area contributed by atoms with Crippen molar-refractivity contribution in [3.63, 3.8) is 0 Å². The molecule has 51 heavy (non-hydrogen) atoms. The average molecular weight is 705 g/mol. The second-order valence-electron chi connectivity index (χ2n) is 12.9. The molecule has 1 unspecified atom stereocenters. The Balaban J connectivity index is 3.58. The van der Waals surface area contributed by atoms with Crippen LogP contribution >= 0.6 is 0 Å². The average Bonchev–Trinajstić information content (AvgIpc) is 3.14. The van der Waals surface area contributed by atoms with E-state index in [2.05, 4.69) is 123 Å². The minimum Gasteiger partial charge on any atom is -0.457 e. The molecule has 0 aliphatic rings. The number of carbonyl (C=O) groups is 1. The van der Waals surface area contributed by atoms with Crippen molar-refractivity contribution in [2.24, 2.45) is 0 Å². The summed E-state index contributed by atoms with van der Waals surface area (Å²) >= 11 is 0. The zero-order valence-electron chi connectivity index (χ0n) is 32.8. The van der Waals surface area contributed by atoms with E-state index in [-0.39, 0.29) is 19.2 Å². The fraction of sp³-hybridized carbons (Fsp3) is 0.596. The molecular weight excluding hydrogens is 629 g/mol. The van der Waals surface area contributed by atoms with Gasteiger partial charge in [-0.2, -0.15) is 0 Å². The molecule has 1 atom stereocenters. The van der Waals surface area contributed by atoms with E-state index in [4.69, 9.17) is 9.47 Å². The molecule has 0 aliphatic heterocycles. The summed E-state index contributed by atoms with van der Waals surface area (Å²) in [7, 11) is 0. The van der Waals surface area contributed by atoms with Gasteiger partial charge in [-0.1, -0.05) is 162 Å². The van der Waals surface area contributed by atoms with Gasteiger partial charge >= 0.3 is 5.97 Å². The van der Waals surface area contributed by atoms with Gasteiger partial charge in [0, 0.05) is 13.0 Å². The third kappa shape index (κ3) is 41.4. The van der Waals surface area contributed by atoms with E-state index in [1.54, 1.807) is 0 Å². The molecule has 0 fully saturated rings. The molecule has 0 saturated heterocycles. The Morgan fingerprint density at radius 3 is 1.24 bits per heavy atom. The highest BCUT2D eigenvalue weighted by atomic mass is 16.6. The summed E-state index contributed by atoms with van der Waals surface area (Å²) in [5.41, 5.74) is 0. The molecule has 0 aliphatic carbocycles. The first-order valence-electron chi connectivity index (χ1n) is 20.5. The second-order valence-corrected chi connectivity index (χ2v) is 12.9. The molecule has 0 aromatic heterocycles. The summed E-state index contributed by atoms with van der Waals surface area (Å²) < 4.78 is 11.1. The number of esters is 1. The van der Waals surface area contributed by atoms with Crippen molar-refractivity contribution in [1.29, 1.82) is 0 Å². The van der Waals surface area contributed by atoms with E-state index >= 15 is 0 Å².